The lowest BCUT2D eigenvalue weighted by Crippen LogP contribution is -2.30. The number of aromatic nitrogens is 4. The molecule has 3 aromatic rings. The van der Waals surface area contributed by atoms with Gasteiger partial charge in [0.2, 0.25) is 0 Å². The third kappa shape index (κ3) is 7.08. The Hall–Kier alpha value is -3.32. The summed E-state index contributed by atoms with van der Waals surface area (Å²) in [5, 5.41) is 20.9. The molecule has 3 N–H and O–H groups in total. The predicted molar refractivity (Wildman–Crippen MR) is 127 cm³/mol. The van der Waals surface area contributed by atoms with Crippen LogP contribution in [0.5, 0.6) is 0 Å². The minimum atomic E-state index is -0.444. The second kappa shape index (κ2) is 11.0. The van der Waals surface area contributed by atoms with Crippen LogP contribution in [0.4, 0.5) is 5.69 Å². The molecule has 9 heteroatoms. The van der Waals surface area contributed by atoms with E-state index in [1.54, 1.807) is 29.7 Å². The van der Waals surface area contributed by atoms with E-state index in [0.717, 1.165) is 23.1 Å². The highest BCUT2D eigenvalue weighted by Gasteiger charge is 2.14. The maximum absolute atomic E-state index is 12.3. The summed E-state index contributed by atoms with van der Waals surface area (Å²) in [6, 6.07) is 5.42. The van der Waals surface area contributed by atoms with E-state index in [2.05, 4.69) is 47.9 Å². The SMILES string of the molecule is CC(C)(C)Cc1cncc(-n2cnc3ccc(NC(=O)C#CCN(CCO)CCO)cc32)n1. The number of carbonyl (C=O) groups is 1. The lowest BCUT2D eigenvalue weighted by atomic mass is 9.91. The highest BCUT2D eigenvalue weighted by atomic mass is 16.3. The third-order valence-corrected chi connectivity index (χ3v) is 4.77. The molecule has 0 aliphatic carbocycles. The summed E-state index contributed by atoms with van der Waals surface area (Å²) in [5.74, 6) is 5.54. The van der Waals surface area contributed by atoms with E-state index >= 15 is 0 Å². The van der Waals surface area contributed by atoms with Crippen molar-refractivity contribution in [1.82, 2.24) is 24.4 Å². The molecule has 0 fully saturated rings. The highest BCUT2D eigenvalue weighted by Crippen LogP contribution is 2.23. The summed E-state index contributed by atoms with van der Waals surface area (Å²) < 4.78 is 1.84. The van der Waals surface area contributed by atoms with E-state index in [0.29, 0.717) is 24.6 Å². The largest absolute Gasteiger partial charge is 0.395 e. The number of amides is 1. The van der Waals surface area contributed by atoms with E-state index in [1.165, 1.54) is 0 Å². The number of aliphatic hydroxyl groups excluding tert-OH is 2. The number of imidazole rings is 1. The van der Waals surface area contributed by atoms with Gasteiger partial charge in [-0.25, -0.2) is 9.97 Å². The summed E-state index contributed by atoms with van der Waals surface area (Å²) in [6.45, 7) is 7.45. The Balaban J connectivity index is 1.76. The van der Waals surface area contributed by atoms with E-state index in [-0.39, 0.29) is 25.2 Å². The van der Waals surface area contributed by atoms with Crippen LogP contribution in [0.2, 0.25) is 0 Å². The number of benzene rings is 1. The van der Waals surface area contributed by atoms with Gasteiger partial charge in [0.15, 0.2) is 5.82 Å². The van der Waals surface area contributed by atoms with Crippen molar-refractivity contribution in [3.63, 3.8) is 0 Å². The van der Waals surface area contributed by atoms with Crippen molar-refractivity contribution in [2.45, 2.75) is 27.2 Å². The van der Waals surface area contributed by atoms with Crippen molar-refractivity contribution in [3.05, 3.63) is 42.6 Å². The zero-order valence-electron chi connectivity index (χ0n) is 19.2. The van der Waals surface area contributed by atoms with Gasteiger partial charge in [0, 0.05) is 25.0 Å². The van der Waals surface area contributed by atoms with Crippen molar-refractivity contribution >= 4 is 22.6 Å². The molecule has 0 unspecified atom stereocenters. The zero-order chi connectivity index (χ0) is 23.8. The quantitative estimate of drug-likeness (QED) is 0.447. The number of carbonyl (C=O) groups excluding carboxylic acids is 1. The summed E-state index contributed by atoms with van der Waals surface area (Å²) in [7, 11) is 0. The number of fused-ring (bicyclic) bond motifs is 1. The van der Waals surface area contributed by atoms with Crippen LogP contribution in [0.15, 0.2) is 36.9 Å². The van der Waals surface area contributed by atoms with Gasteiger partial charge in [0.25, 0.3) is 5.91 Å². The summed E-state index contributed by atoms with van der Waals surface area (Å²) in [5.41, 5.74) is 3.14. The minimum Gasteiger partial charge on any atom is -0.395 e. The number of hydrogen-bond donors (Lipinski definition) is 3. The van der Waals surface area contributed by atoms with Crippen LogP contribution in [0.25, 0.3) is 16.9 Å². The lowest BCUT2D eigenvalue weighted by Gasteiger charge is -2.17. The standard InChI is InChI=1S/C24H30N6O3/c1-24(2,3)14-19-15-25-16-22(27-19)30-17-26-20-7-6-18(13-21(20)30)28-23(33)5-4-8-29(9-11-31)10-12-32/h6-7,13,15-17,31-32H,8-12,14H2,1-3H3,(H,28,33). The van der Waals surface area contributed by atoms with Gasteiger partial charge in [-0.3, -0.25) is 19.2 Å². The molecule has 3 rings (SSSR count). The third-order valence-electron chi connectivity index (χ3n) is 4.77. The molecule has 0 aliphatic rings. The topological polar surface area (TPSA) is 116 Å². The maximum atomic E-state index is 12.3. The van der Waals surface area contributed by atoms with Gasteiger partial charge in [-0.1, -0.05) is 26.7 Å². The summed E-state index contributed by atoms with van der Waals surface area (Å²) >= 11 is 0. The maximum Gasteiger partial charge on any atom is 0.300 e. The first-order valence-electron chi connectivity index (χ1n) is 10.8. The molecule has 2 heterocycles. The first kappa shape index (κ1) is 24.3. The van der Waals surface area contributed by atoms with Crippen molar-refractivity contribution in [3.8, 4) is 17.7 Å². The number of rotatable bonds is 8. The van der Waals surface area contributed by atoms with E-state index in [4.69, 9.17) is 15.2 Å². The molecule has 0 atom stereocenters. The smallest absolute Gasteiger partial charge is 0.300 e. The van der Waals surface area contributed by atoms with Gasteiger partial charge in [-0.15, -0.1) is 0 Å². The molecular weight excluding hydrogens is 420 g/mol. The first-order chi connectivity index (χ1) is 15.8. The minimum absolute atomic E-state index is 0.0366. The van der Waals surface area contributed by atoms with E-state index in [1.807, 2.05) is 16.7 Å². The number of aliphatic hydroxyl groups is 2. The molecule has 2 aromatic heterocycles. The Labute approximate surface area is 193 Å². The Kier molecular flexibility index (Phi) is 8.11. The van der Waals surface area contributed by atoms with Crippen molar-refractivity contribution in [2.24, 2.45) is 5.41 Å². The second-order valence-electron chi connectivity index (χ2n) is 8.90. The fourth-order valence-corrected chi connectivity index (χ4v) is 3.35. The average molecular weight is 451 g/mol. The van der Waals surface area contributed by atoms with Crippen LogP contribution in [-0.4, -0.2) is 73.4 Å². The van der Waals surface area contributed by atoms with Crippen molar-refractivity contribution < 1.29 is 15.0 Å². The molecule has 0 bridgehead atoms. The van der Waals surface area contributed by atoms with Crippen LogP contribution < -0.4 is 5.32 Å². The summed E-state index contributed by atoms with van der Waals surface area (Å²) in [6.07, 6.45) is 5.96. The zero-order valence-corrected chi connectivity index (χ0v) is 19.2. The second-order valence-corrected chi connectivity index (χ2v) is 8.90. The number of nitrogens with zero attached hydrogens (tertiary/aromatic N) is 5. The molecule has 1 aromatic carbocycles. The van der Waals surface area contributed by atoms with Gasteiger partial charge >= 0.3 is 0 Å². The van der Waals surface area contributed by atoms with Crippen molar-refractivity contribution in [1.29, 1.82) is 0 Å². The lowest BCUT2D eigenvalue weighted by molar-refractivity contribution is -0.111. The number of hydrogen-bond acceptors (Lipinski definition) is 7. The fourth-order valence-electron chi connectivity index (χ4n) is 3.35. The van der Waals surface area contributed by atoms with Gasteiger partial charge in [-0.2, -0.15) is 0 Å². The molecule has 33 heavy (non-hydrogen) atoms. The van der Waals surface area contributed by atoms with Gasteiger partial charge in [0.1, 0.15) is 6.33 Å². The molecule has 1 amide bonds. The van der Waals surface area contributed by atoms with Gasteiger partial charge in [-0.05, 0) is 36.0 Å². The first-order valence-corrected chi connectivity index (χ1v) is 10.8. The van der Waals surface area contributed by atoms with Crippen molar-refractivity contribution in [2.75, 3.05) is 38.2 Å². The molecule has 0 saturated carbocycles. The monoisotopic (exact) mass is 450 g/mol. The molecule has 0 aliphatic heterocycles. The molecular formula is C24H30N6O3. The van der Waals surface area contributed by atoms with Crippen LogP contribution in [0.3, 0.4) is 0 Å². The number of nitrogens with one attached hydrogen (secondary N) is 1. The number of anilines is 1. The van der Waals surface area contributed by atoms with Gasteiger partial charge in [0.05, 0.1) is 42.7 Å². The molecule has 0 radical (unpaired) electrons. The predicted octanol–water partition coefficient (Wildman–Crippen LogP) is 1.63. The normalized spacial score (nSPS) is 11.5. The fraction of sp³-hybridized carbons (Fsp3) is 0.417. The molecule has 0 spiro atoms. The van der Waals surface area contributed by atoms with Crippen LogP contribution >= 0.6 is 0 Å². The molecule has 9 nitrogen and oxygen atoms in total. The van der Waals surface area contributed by atoms with E-state index < -0.39 is 5.91 Å². The van der Waals surface area contributed by atoms with Gasteiger partial charge < -0.3 is 15.5 Å². The Morgan fingerprint density at radius 3 is 2.64 bits per heavy atom. The van der Waals surface area contributed by atoms with Crippen LogP contribution in [0.1, 0.15) is 26.5 Å². The highest BCUT2D eigenvalue weighted by molar-refractivity contribution is 6.04. The average Bonchev–Trinajstić information content (AvgIpc) is 3.16. The van der Waals surface area contributed by atoms with E-state index in [9.17, 15) is 4.79 Å². The molecule has 174 valence electrons. The Morgan fingerprint density at radius 1 is 1.18 bits per heavy atom. The summed E-state index contributed by atoms with van der Waals surface area (Å²) in [4.78, 5) is 27.5. The Bertz CT molecular complexity index is 1150. The van der Waals surface area contributed by atoms with Crippen LogP contribution in [0, 0.1) is 17.3 Å². The van der Waals surface area contributed by atoms with Crippen LogP contribution in [-0.2, 0) is 11.2 Å². The Morgan fingerprint density at radius 2 is 1.94 bits per heavy atom. The molecule has 0 saturated heterocycles.